The summed E-state index contributed by atoms with van der Waals surface area (Å²) >= 11 is 0. The number of fused-ring (bicyclic) bond motifs is 17. The van der Waals surface area contributed by atoms with E-state index in [-0.39, 0.29) is 12.3 Å². The van der Waals surface area contributed by atoms with E-state index in [0.717, 1.165) is 90.8 Å². The van der Waals surface area contributed by atoms with Crippen molar-refractivity contribution in [2.24, 2.45) is 0 Å². The molecule has 6 heterocycles. The molecule has 4 aromatic heterocycles. The quantitative estimate of drug-likeness (QED) is 0.164. The van der Waals surface area contributed by atoms with Crippen LogP contribution in [0.2, 0.25) is 0 Å². The number of benzene rings is 7. The highest BCUT2D eigenvalue weighted by Crippen LogP contribution is 2.53. The zero-order valence-electron chi connectivity index (χ0n) is 33.5. The molecule has 14 rings (SSSR count). The molecule has 1 aliphatic carbocycles. The summed E-state index contributed by atoms with van der Waals surface area (Å²) in [5, 5.41) is 6.91. The summed E-state index contributed by atoms with van der Waals surface area (Å²) in [4.78, 5) is 2.52. The highest BCUT2D eigenvalue weighted by molar-refractivity contribution is 6.92. The van der Waals surface area contributed by atoms with Crippen LogP contribution in [0.3, 0.4) is 0 Å². The van der Waals surface area contributed by atoms with Crippen LogP contribution in [0.25, 0.3) is 94.2 Å². The van der Waals surface area contributed by atoms with E-state index in [1.807, 2.05) is 0 Å². The van der Waals surface area contributed by atoms with Gasteiger partial charge in [-0.2, -0.15) is 0 Å². The van der Waals surface area contributed by atoms with E-state index in [1.54, 1.807) is 0 Å². The van der Waals surface area contributed by atoms with Crippen molar-refractivity contribution in [3.63, 3.8) is 0 Å². The fourth-order valence-electron chi connectivity index (χ4n) is 11.0. The van der Waals surface area contributed by atoms with E-state index < -0.39 is 0 Å². The molecule has 7 aromatic carbocycles. The van der Waals surface area contributed by atoms with Gasteiger partial charge in [0.1, 0.15) is 22.5 Å². The van der Waals surface area contributed by atoms with Gasteiger partial charge in [-0.3, -0.25) is 0 Å². The maximum atomic E-state index is 7.15. The summed E-state index contributed by atoms with van der Waals surface area (Å²) in [5.74, 6) is 0.970. The van der Waals surface area contributed by atoms with Crippen LogP contribution in [0, 0.1) is 0 Å². The molecule has 0 radical (unpaired) electrons. The molecular formula is C54H37BN2O3. The number of para-hydroxylation sites is 3. The van der Waals surface area contributed by atoms with Crippen LogP contribution in [-0.4, -0.2) is 11.3 Å². The Morgan fingerprint density at radius 2 is 1.35 bits per heavy atom. The van der Waals surface area contributed by atoms with E-state index in [9.17, 15) is 0 Å². The van der Waals surface area contributed by atoms with Gasteiger partial charge in [0, 0.05) is 54.8 Å². The van der Waals surface area contributed by atoms with E-state index in [1.165, 1.54) is 55.0 Å². The predicted octanol–water partition coefficient (Wildman–Crippen LogP) is 13.5. The van der Waals surface area contributed by atoms with Crippen molar-refractivity contribution in [1.29, 1.82) is 0 Å². The van der Waals surface area contributed by atoms with Gasteiger partial charge in [-0.05, 0) is 94.4 Å². The first-order valence-corrected chi connectivity index (χ1v) is 21.1. The van der Waals surface area contributed by atoms with Crippen molar-refractivity contribution in [2.45, 2.75) is 39.0 Å². The standard InChI is InChI=1S/C54H37BN2O3/c1-54(2,3)31-24-25-40(37(28-31)30-14-5-4-6-15-30)56-41-26-27-45-47(35-18-9-11-22-43(35)58-45)49(41)55-48-38(29-39-32-16-7-10-21-42(32)59-52(39)51(48)56)33-19-13-20-36-46-34-17-8-12-23-44(34)60-53(46)57(55)50(33)36/h4-7,9-16,18-29H,8,17H2,1-3H3. The molecule has 0 atom stereocenters. The normalized spacial score (nSPS) is 14.3. The van der Waals surface area contributed by atoms with Crippen LogP contribution in [0.1, 0.15) is 44.1 Å². The molecule has 0 fully saturated rings. The second-order valence-electron chi connectivity index (χ2n) is 17.9. The third kappa shape index (κ3) is 4.08. The van der Waals surface area contributed by atoms with Crippen molar-refractivity contribution in [1.82, 2.24) is 4.48 Å². The Hall–Kier alpha value is -7.18. The summed E-state index contributed by atoms with van der Waals surface area (Å²) in [6.45, 7) is 6.62. The molecule has 0 saturated carbocycles. The summed E-state index contributed by atoms with van der Waals surface area (Å²) < 4.78 is 23.5. The van der Waals surface area contributed by atoms with Crippen molar-refractivity contribution in [3.05, 3.63) is 156 Å². The average Bonchev–Trinajstić information content (AvgIpc) is 4.04. The molecule has 0 unspecified atom stereocenters. The molecule has 284 valence electrons. The second-order valence-corrected chi connectivity index (χ2v) is 17.9. The van der Waals surface area contributed by atoms with Crippen molar-refractivity contribution in [2.75, 3.05) is 4.90 Å². The first kappa shape index (κ1) is 32.7. The Kier molecular flexibility index (Phi) is 6.17. The fraction of sp³-hybridized carbons (Fsp3) is 0.111. The number of anilines is 3. The number of hydrogen-bond acceptors (Lipinski definition) is 4. The number of nitrogens with zero attached hydrogens (tertiary/aromatic N) is 2. The van der Waals surface area contributed by atoms with Gasteiger partial charge in [-0.25, -0.2) is 0 Å². The molecule has 60 heavy (non-hydrogen) atoms. The van der Waals surface area contributed by atoms with Crippen LogP contribution in [0.5, 0.6) is 0 Å². The minimum Gasteiger partial charge on any atom is -0.456 e. The summed E-state index contributed by atoms with van der Waals surface area (Å²) in [5.41, 5.74) is 18.6. The average molecular weight is 773 g/mol. The van der Waals surface area contributed by atoms with Crippen molar-refractivity contribution < 1.29 is 13.3 Å². The van der Waals surface area contributed by atoms with Gasteiger partial charge in [0.05, 0.1) is 16.8 Å². The molecule has 3 aliphatic rings. The topological polar surface area (TPSA) is 47.6 Å². The van der Waals surface area contributed by atoms with E-state index in [0.29, 0.717) is 0 Å². The Morgan fingerprint density at radius 3 is 2.20 bits per heavy atom. The van der Waals surface area contributed by atoms with Gasteiger partial charge in [0.25, 0.3) is 0 Å². The Bertz CT molecular complexity index is 3720. The van der Waals surface area contributed by atoms with E-state index in [2.05, 4.69) is 176 Å². The Balaban J connectivity index is 1.22. The lowest BCUT2D eigenvalue weighted by Crippen LogP contribution is -2.57. The smallest absolute Gasteiger partial charge is 0.337 e. The van der Waals surface area contributed by atoms with E-state index >= 15 is 0 Å². The van der Waals surface area contributed by atoms with Crippen LogP contribution in [0.15, 0.2) is 153 Å². The van der Waals surface area contributed by atoms with Crippen LogP contribution < -0.4 is 15.8 Å². The van der Waals surface area contributed by atoms with Gasteiger partial charge >= 0.3 is 6.85 Å². The molecule has 0 spiro atoms. The maximum absolute atomic E-state index is 7.15. The molecule has 2 aliphatic heterocycles. The highest BCUT2D eigenvalue weighted by Gasteiger charge is 2.47. The number of furan rings is 3. The predicted molar refractivity (Wildman–Crippen MR) is 248 cm³/mol. The van der Waals surface area contributed by atoms with Gasteiger partial charge in [-0.1, -0.05) is 118 Å². The summed E-state index contributed by atoms with van der Waals surface area (Å²) in [6.07, 6.45) is 6.37. The molecule has 0 amide bonds. The summed E-state index contributed by atoms with van der Waals surface area (Å²) in [7, 11) is 0. The third-order valence-electron chi connectivity index (χ3n) is 13.6. The zero-order valence-corrected chi connectivity index (χ0v) is 33.5. The molecule has 0 saturated heterocycles. The van der Waals surface area contributed by atoms with Crippen LogP contribution >= 0.6 is 0 Å². The van der Waals surface area contributed by atoms with Gasteiger partial charge in [-0.15, -0.1) is 0 Å². The number of aromatic nitrogens is 1. The van der Waals surface area contributed by atoms with Gasteiger partial charge in [0.15, 0.2) is 11.3 Å². The van der Waals surface area contributed by atoms with E-state index in [4.69, 9.17) is 13.3 Å². The molecule has 0 bridgehead atoms. The Morgan fingerprint density at radius 1 is 0.583 bits per heavy atom. The SMILES string of the molecule is CC(C)(C)c1ccc(N2c3ccc4oc5ccccc5c4c3B3c4c(cc5c(oc6ccccc65)c42)-c2cccc4c5c6c(oc5n3c24)C=CCC6)c(-c2ccccc2)c1. The lowest BCUT2D eigenvalue weighted by atomic mass is 9.44. The first-order chi connectivity index (χ1) is 29.4. The number of hydrogen-bond donors (Lipinski definition) is 0. The molecule has 5 nitrogen and oxygen atoms in total. The maximum Gasteiger partial charge on any atom is 0.337 e. The fourth-order valence-corrected chi connectivity index (χ4v) is 11.0. The highest BCUT2D eigenvalue weighted by atomic mass is 16.3. The number of allylic oxidation sites excluding steroid dienone is 1. The van der Waals surface area contributed by atoms with Crippen LogP contribution in [0.4, 0.5) is 17.1 Å². The first-order valence-electron chi connectivity index (χ1n) is 21.1. The third-order valence-corrected chi connectivity index (χ3v) is 13.6. The minimum absolute atomic E-state index is 0.0565. The van der Waals surface area contributed by atoms with Gasteiger partial charge in [0.2, 0.25) is 0 Å². The molecular weight excluding hydrogens is 735 g/mol. The van der Waals surface area contributed by atoms with Gasteiger partial charge < -0.3 is 22.6 Å². The second kappa shape index (κ2) is 11.3. The number of rotatable bonds is 2. The molecule has 0 N–H and O–H groups in total. The number of aryl methyl sites for hydroxylation is 1. The van der Waals surface area contributed by atoms with Crippen molar-refractivity contribution >= 4 is 107 Å². The largest absolute Gasteiger partial charge is 0.456 e. The monoisotopic (exact) mass is 772 g/mol. The zero-order chi connectivity index (χ0) is 39.6. The summed E-state index contributed by atoms with van der Waals surface area (Å²) in [6, 6.07) is 48.6. The molecule has 11 aromatic rings. The van der Waals surface area contributed by atoms with Crippen molar-refractivity contribution in [3.8, 4) is 22.3 Å². The van der Waals surface area contributed by atoms with Crippen LogP contribution in [-0.2, 0) is 11.8 Å². The lowest BCUT2D eigenvalue weighted by Gasteiger charge is -2.41. The minimum atomic E-state index is -0.260. The lowest BCUT2D eigenvalue weighted by molar-refractivity contribution is 0.581. The Labute approximate surface area is 345 Å². The molecule has 6 heteroatoms.